The molecule has 26 heavy (non-hydrogen) atoms. The lowest BCUT2D eigenvalue weighted by atomic mass is 9.94. The summed E-state index contributed by atoms with van der Waals surface area (Å²) in [5.41, 5.74) is 3.93. The summed E-state index contributed by atoms with van der Waals surface area (Å²) in [5, 5.41) is 5.37. The van der Waals surface area contributed by atoms with Crippen LogP contribution >= 0.6 is 11.6 Å². The van der Waals surface area contributed by atoms with Gasteiger partial charge < -0.3 is 10.2 Å². The first-order chi connectivity index (χ1) is 12.7. The smallest absolute Gasteiger partial charge is 0.254 e. The first-order valence-corrected chi connectivity index (χ1v) is 10.2. The van der Waals surface area contributed by atoms with Gasteiger partial charge >= 0.3 is 0 Å². The molecule has 5 heteroatoms. The molecule has 2 bridgehead atoms. The average Bonchev–Trinajstić information content (AvgIpc) is 3.03. The molecule has 4 nitrogen and oxygen atoms in total. The van der Waals surface area contributed by atoms with Crippen molar-refractivity contribution in [3.05, 3.63) is 40.0 Å². The fourth-order valence-electron chi connectivity index (χ4n) is 4.83. The molecule has 0 radical (unpaired) electrons. The van der Waals surface area contributed by atoms with Crippen LogP contribution in [0.3, 0.4) is 0 Å². The number of pyridine rings is 1. The fraction of sp³-hybridized carbons (Fsp3) is 0.524. The molecule has 3 aliphatic heterocycles. The van der Waals surface area contributed by atoms with Crippen LogP contribution in [0.1, 0.15) is 53.7 Å². The molecule has 2 atom stereocenters. The van der Waals surface area contributed by atoms with E-state index in [-0.39, 0.29) is 5.91 Å². The summed E-state index contributed by atoms with van der Waals surface area (Å²) < 4.78 is 0. The number of fused-ring (bicyclic) bond motifs is 6. The van der Waals surface area contributed by atoms with Gasteiger partial charge in [0.15, 0.2) is 0 Å². The number of benzene rings is 1. The van der Waals surface area contributed by atoms with Crippen LogP contribution in [0.25, 0.3) is 10.9 Å². The summed E-state index contributed by atoms with van der Waals surface area (Å²) in [6.07, 6.45) is 7.83. The molecule has 4 heterocycles. The Kier molecular flexibility index (Phi) is 4.13. The molecular weight excluding hydrogens is 346 g/mol. The normalized spacial score (nSPS) is 25.2. The van der Waals surface area contributed by atoms with E-state index in [1.54, 1.807) is 0 Å². The number of nitrogens with zero attached hydrogens (tertiary/aromatic N) is 2. The van der Waals surface area contributed by atoms with E-state index in [1.165, 1.54) is 31.2 Å². The summed E-state index contributed by atoms with van der Waals surface area (Å²) in [5.74, 6) is 0.140. The summed E-state index contributed by atoms with van der Waals surface area (Å²) in [7, 11) is 0. The number of nitrogens with one attached hydrogen (secondary N) is 1. The quantitative estimate of drug-likeness (QED) is 0.833. The van der Waals surface area contributed by atoms with Crippen LogP contribution in [0.2, 0.25) is 5.02 Å². The maximum Gasteiger partial charge on any atom is 0.254 e. The van der Waals surface area contributed by atoms with Crippen LogP contribution < -0.4 is 5.32 Å². The SMILES string of the molecule is O=C(c1ccc2c(Cl)c3c(nc2c1)CCCC3)N1CC2CCCC1CN2. The highest BCUT2D eigenvalue weighted by Crippen LogP contribution is 2.33. The van der Waals surface area contributed by atoms with Crippen LogP contribution in [0.15, 0.2) is 18.2 Å². The number of aryl methyl sites for hydroxylation is 1. The fourth-order valence-corrected chi connectivity index (χ4v) is 5.19. The third kappa shape index (κ3) is 2.71. The van der Waals surface area contributed by atoms with Gasteiger partial charge in [0.05, 0.1) is 10.5 Å². The van der Waals surface area contributed by atoms with Crippen molar-refractivity contribution in [2.75, 3.05) is 13.1 Å². The maximum absolute atomic E-state index is 13.2. The van der Waals surface area contributed by atoms with E-state index in [4.69, 9.17) is 16.6 Å². The minimum Gasteiger partial charge on any atom is -0.333 e. The molecular formula is C21H24ClN3O. The molecule has 6 rings (SSSR count). The van der Waals surface area contributed by atoms with E-state index in [1.807, 2.05) is 18.2 Å². The summed E-state index contributed by atoms with van der Waals surface area (Å²) in [6.45, 7) is 1.74. The Hall–Kier alpha value is -1.65. The minimum atomic E-state index is 0.140. The van der Waals surface area contributed by atoms with Gasteiger partial charge in [0, 0.05) is 41.8 Å². The van der Waals surface area contributed by atoms with E-state index in [2.05, 4.69) is 10.2 Å². The average molecular weight is 370 g/mol. The van der Waals surface area contributed by atoms with Crippen molar-refractivity contribution in [3.8, 4) is 0 Å². The Bertz CT molecular complexity index is 877. The molecule has 3 fully saturated rings. The third-order valence-corrected chi connectivity index (χ3v) is 6.72. The molecule has 2 aromatic rings. The number of hydrogen-bond donors (Lipinski definition) is 1. The molecule has 1 N–H and O–H groups in total. The zero-order valence-electron chi connectivity index (χ0n) is 14.9. The van der Waals surface area contributed by atoms with Gasteiger partial charge in [-0.1, -0.05) is 17.7 Å². The summed E-state index contributed by atoms with van der Waals surface area (Å²) >= 11 is 6.67. The molecule has 1 aromatic heterocycles. The van der Waals surface area contributed by atoms with Crippen LogP contribution in [0, 0.1) is 0 Å². The molecule has 0 spiro atoms. The number of carbonyl (C=O) groups is 1. The molecule has 1 amide bonds. The zero-order chi connectivity index (χ0) is 17.7. The van der Waals surface area contributed by atoms with E-state index in [9.17, 15) is 4.79 Å². The standard InChI is InChI=1S/C21H24ClN3O/c22-20-16-6-1-2-7-18(16)24-19-10-13(8-9-17(19)20)21(26)25-12-14-4-3-5-15(25)11-23-14/h8-10,14-15,23H,1-7,11-12H2. The maximum atomic E-state index is 13.2. The Morgan fingerprint density at radius 2 is 2.08 bits per heavy atom. The van der Waals surface area contributed by atoms with Gasteiger partial charge in [-0.15, -0.1) is 0 Å². The molecule has 136 valence electrons. The molecule has 3 saturated heterocycles. The lowest BCUT2D eigenvalue weighted by Crippen LogP contribution is -2.56. The lowest BCUT2D eigenvalue weighted by molar-refractivity contribution is 0.0611. The van der Waals surface area contributed by atoms with Crippen LogP contribution in [-0.4, -0.2) is 41.0 Å². The van der Waals surface area contributed by atoms with Gasteiger partial charge in [0.25, 0.3) is 5.91 Å². The van der Waals surface area contributed by atoms with Gasteiger partial charge in [-0.2, -0.15) is 0 Å². The first-order valence-electron chi connectivity index (χ1n) is 9.86. The molecule has 4 aliphatic rings. The summed E-state index contributed by atoms with van der Waals surface area (Å²) in [6, 6.07) is 6.63. The predicted molar refractivity (Wildman–Crippen MR) is 104 cm³/mol. The number of aromatic nitrogens is 1. The summed E-state index contributed by atoms with van der Waals surface area (Å²) in [4.78, 5) is 20.1. The second-order valence-corrected chi connectivity index (χ2v) is 8.32. The first kappa shape index (κ1) is 16.5. The van der Waals surface area contributed by atoms with Crippen molar-refractivity contribution in [2.24, 2.45) is 0 Å². The van der Waals surface area contributed by atoms with E-state index >= 15 is 0 Å². The number of piperazine rings is 1. The zero-order valence-corrected chi connectivity index (χ0v) is 15.7. The van der Waals surface area contributed by atoms with Crippen molar-refractivity contribution >= 4 is 28.4 Å². The molecule has 1 aliphatic carbocycles. The second kappa shape index (κ2) is 6.50. The van der Waals surface area contributed by atoms with Gasteiger partial charge in [-0.05, 0) is 62.6 Å². The van der Waals surface area contributed by atoms with Crippen molar-refractivity contribution in [2.45, 2.75) is 57.0 Å². The minimum absolute atomic E-state index is 0.140. The number of hydrogen-bond acceptors (Lipinski definition) is 3. The van der Waals surface area contributed by atoms with Crippen LogP contribution in [0.5, 0.6) is 0 Å². The monoisotopic (exact) mass is 369 g/mol. The lowest BCUT2D eigenvalue weighted by Gasteiger charge is -2.37. The van der Waals surface area contributed by atoms with Gasteiger partial charge in [-0.3, -0.25) is 9.78 Å². The highest BCUT2D eigenvalue weighted by molar-refractivity contribution is 6.36. The van der Waals surface area contributed by atoms with Crippen LogP contribution in [-0.2, 0) is 12.8 Å². The third-order valence-electron chi connectivity index (χ3n) is 6.29. The van der Waals surface area contributed by atoms with E-state index in [0.29, 0.717) is 12.1 Å². The number of halogens is 1. The molecule has 2 unspecified atom stereocenters. The number of rotatable bonds is 1. The predicted octanol–water partition coefficient (Wildman–Crippen LogP) is 3.73. The van der Waals surface area contributed by atoms with Crippen molar-refractivity contribution in [3.63, 3.8) is 0 Å². The van der Waals surface area contributed by atoms with E-state index < -0.39 is 0 Å². The van der Waals surface area contributed by atoms with Crippen molar-refractivity contribution in [1.29, 1.82) is 0 Å². The second-order valence-electron chi connectivity index (χ2n) is 7.94. The van der Waals surface area contributed by atoms with Gasteiger partial charge in [-0.25, -0.2) is 0 Å². The Balaban J connectivity index is 1.52. The Morgan fingerprint density at radius 3 is 3.00 bits per heavy atom. The highest BCUT2D eigenvalue weighted by atomic mass is 35.5. The molecule has 0 saturated carbocycles. The van der Waals surface area contributed by atoms with Crippen molar-refractivity contribution in [1.82, 2.24) is 15.2 Å². The molecule has 1 aromatic carbocycles. The highest BCUT2D eigenvalue weighted by Gasteiger charge is 2.34. The van der Waals surface area contributed by atoms with Crippen molar-refractivity contribution < 1.29 is 4.79 Å². The topological polar surface area (TPSA) is 45.2 Å². The number of carbonyl (C=O) groups excluding carboxylic acids is 1. The number of amides is 1. The van der Waals surface area contributed by atoms with Gasteiger partial charge in [0.2, 0.25) is 0 Å². The Labute approximate surface area is 158 Å². The van der Waals surface area contributed by atoms with Gasteiger partial charge in [0.1, 0.15) is 0 Å². The Morgan fingerprint density at radius 1 is 1.19 bits per heavy atom. The van der Waals surface area contributed by atoms with E-state index in [0.717, 1.165) is 59.5 Å². The van der Waals surface area contributed by atoms with Crippen LogP contribution in [0.4, 0.5) is 0 Å². The largest absolute Gasteiger partial charge is 0.333 e.